The minimum atomic E-state index is 0.753. The average molecular weight is 372 g/mol. The number of unbranched alkanes of at least 4 members (excludes halogenated alkanes) is 1. The van der Waals surface area contributed by atoms with Crippen LogP contribution in [-0.4, -0.2) is 24.5 Å². The molecule has 2 aromatic rings. The molecule has 0 aliphatic carbocycles. The molecular weight excluding hydrogens is 346 g/mol. The molecule has 1 heterocycles. The molecule has 1 saturated heterocycles. The van der Waals surface area contributed by atoms with E-state index in [4.69, 9.17) is 0 Å². The van der Waals surface area contributed by atoms with Crippen LogP contribution in [0.3, 0.4) is 0 Å². The van der Waals surface area contributed by atoms with Crippen LogP contribution in [0.1, 0.15) is 42.7 Å². The van der Waals surface area contributed by atoms with E-state index < -0.39 is 0 Å². The van der Waals surface area contributed by atoms with Gasteiger partial charge in [0.25, 0.3) is 0 Å². The summed E-state index contributed by atoms with van der Waals surface area (Å²) in [5.74, 6) is 0.753. The maximum Gasteiger partial charge on any atom is 0.0175 e. The highest BCUT2D eigenvalue weighted by atomic mass is 79.9. The average Bonchev–Trinajstić information content (AvgIpc) is 2.61. The molecule has 0 aromatic heterocycles. The van der Waals surface area contributed by atoms with Crippen LogP contribution < -0.4 is 0 Å². The topological polar surface area (TPSA) is 3.24 Å². The van der Waals surface area contributed by atoms with Gasteiger partial charge in [-0.2, -0.15) is 0 Å². The van der Waals surface area contributed by atoms with E-state index >= 15 is 0 Å². The molecule has 0 atom stereocenters. The van der Waals surface area contributed by atoms with Crippen molar-refractivity contribution in [2.75, 3.05) is 19.6 Å². The third kappa shape index (κ3) is 5.19. The molecule has 23 heavy (non-hydrogen) atoms. The zero-order chi connectivity index (χ0) is 15.9. The molecule has 1 nitrogen and oxygen atoms in total. The van der Waals surface area contributed by atoms with Gasteiger partial charge in [0.2, 0.25) is 0 Å². The van der Waals surface area contributed by atoms with Crippen molar-refractivity contribution in [2.24, 2.45) is 0 Å². The largest absolute Gasteiger partial charge is 0.303 e. The van der Waals surface area contributed by atoms with Gasteiger partial charge in [-0.05, 0) is 80.9 Å². The number of hydrogen-bond donors (Lipinski definition) is 0. The smallest absolute Gasteiger partial charge is 0.0175 e. The first kappa shape index (κ1) is 16.7. The molecule has 1 aliphatic rings. The number of likely N-dealkylation sites (tertiary alicyclic amines) is 1. The van der Waals surface area contributed by atoms with Gasteiger partial charge in [0, 0.05) is 4.47 Å². The Balaban J connectivity index is 1.35. The Hall–Kier alpha value is -1.12. The molecule has 2 aromatic carbocycles. The lowest BCUT2D eigenvalue weighted by molar-refractivity contribution is 0.209. The van der Waals surface area contributed by atoms with E-state index in [1.54, 1.807) is 0 Å². The first-order chi connectivity index (χ1) is 11.3. The van der Waals surface area contributed by atoms with Crippen LogP contribution in [0.15, 0.2) is 59.1 Å². The van der Waals surface area contributed by atoms with E-state index in [0.717, 1.165) is 5.92 Å². The molecule has 2 heteroatoms. The highest BCUT2D eigenvalue weighted by Crippen LogP contribution is 2.29. The van der Waals surface area contributed by atoms with Crippen molar-refractivity contribution in [1.82, 2.24) is 4.90 Å². The number of piperidine rings is 1. The van der Waals surface area contributed by atoms with Crippen molar-refractivity contribution >= 4 is 15.9 Å². The summed E-state index contributed by atoms with van der Waals surface area (Å²) < 4.78 is 1.18. The van der Waals surface area contributed by atoms with Gasteiger partial charge < -0.3 is 4.90 Å². The third-order valence-corrected chi connectivity index (χ3v) is 5.49. The molecule has 0 bridgehead atoms. The fourth-order valence-corrected chi connectivity index (χ4v) is 3.80. The summed E-state index contributed by atoms with van der Waals surface area (Å²) in [6, 6.07) is 19.8. The molecule has 0 amide bonds. The van der Waals surface area contributed by atoms with Crippen molar-refractivity contribution in [2.45, 2.75) is 38.0 Å². The van der Waals surface area contributed by atoms with Crippen molar-refractivity contribution < 1.29 is 0 Å². The van der Waals surface area contributed by atoms with Gasteiger partial charge in [-0.3, -0.25) is 0 Å². The summed E-state index contributed by atoms with van der Waals surface area (Å²) in [5.41, 5.74) is 2.98. The van der Waals surface area contributed by atoms with E-state index in [0.29, 0.717) is 0 Å². The Labute approximate surface area is 148 Å². The summed E-state index contributed by atoms with van der Waals surface area (Å²) in [6.07, 6.45) is 6.45. The lowest BCUT2D eigenvalue weighted by Gasteiger charge is -2.32. The van der Waals surface area contributed by atoms with Gasteiger partial charge in [0.1, 0.15) is 0 Å². The van der Waals surface area contributed by atoms with E-state index in [-0.39, 0.29) is 0 Å². The Morgan fingerprint density at radius 2 is 1.57 bits per heavy atom. The standard InChI is InChI=1S/C21H26BrN/c22-21-11-9-19(10-12-21)20-13-16-23(17-14-20)15-5-4-8-18-6-2-1-3-7-18/h1-3,6-7,9-12,20H,4-5,8,13-17H2. The first-order valence-corrected chi connectivity index (χ1v) is 9.62. The van der Waals surface area contributed by atoms with Crippen LogP contribution in [-0.2, 0) is 6.42 Å². The van der Waals surface area contributed by atoms with Gasteiger partial charge in [0.05, 0.1) is 0 Å². The highest BCUT2D eigenvalue weighted by molar-refractivity contribution is 9.10. The predicted molar refractivity (Wildman–Crippen MR) is 102 cm³/mol. The van der Waals surface area contributed by atoms with E-state index in [1.807, 2.05) is 0 Å². The molecule has 0 saturated carbocycles. The Morgan fingerprint density at radius 3 is 2.26 bits per heavy atom. The first-order valence-electron chi connectivity index (χ1n) is 8.83. The van der Waals surface area contributed by atoms with Crippen LogP contribution in [0.25, 0.3) is 0 Å². The van der Waals surface area contributed by atoms with Crippen molar-refractivity contribution in [3.05, 3.63) is 70.2 Å². The van der Waals surface area contributed by atoms with E-state index in [1.165, 1.54) is 67.3 Å². The summed E-state index contributed by atoms with van der Waals surface area (Å²) >= 11 is 3.52. The number of hydrogen-bond acceptors (Lipinski definition) is 1. The highest BCUT2D eigenvalue weighted by Gasteiger charge is 2.19. The van der Waals surface area contributed by atoms with Crippen molar-refractivity contribution in [1.29, 1.82) is 0 Å². The van der Waals surface area contributed by atoms with Crippen LogP contribution in [0, 0.1) is 0 Å². The maximum absolute atomic E-state index is 3.52. The van der Waals surface area contributed by atoms with Crippen LogP contribution in [0.2, 0.25) is 0 Å². The second-order valence-electron chi connectivity index (χ2n) is 6.61. The van der Waals surface area contributed by atoms with E-state index in [2.05, 4.69) is 75.4 Å². The van der Waals surface area contributed by atoms with Crippen LogP contribution >= 0.6 is 15.9 Å². The monoisotopic (exact) mass is 371 g/mol. The fraction of sp³-hybridized carbons (Fsp3) is 0.429. The molecule has 0 N–H and O–H groups in total. The zero-order valence-electron chi connectivity index (χ0n) is 13.8. The van der Waals surface area contributed by atoms with Gasteiger partial charge in [-0.25, -0.2) is 0 Å². The number of benzene rings is 2. The van der Waals surface area contributed by atoms with Gasteiger partial charge >= 0.3 is 0 Å². The lowest BCUT2D eigenvalue weighted by atomic mass is 9.89. The summed E-state index contributed by atoms with van der Waals surface area (Å²) in [4.78, 5) is 2.65. The van der Waals surface area contributed by atoms with Gasteiger partial charge in [-0.15, -0.1) is 0 Å². The molecule has 1 fully saturated rings. The second-order valence-corrected chi connectivity index (χ2v) is 7.53. The van der Waals surface area contributed by atoms with Gasteiger partial charge in [0.15, 0.2) is 0 Å². The summed E-state index contributed by atoms with van der Waals surface area (Å²) in [5, 5.41) is 0. The zero-order valence-corrected chi connectivity index (χ0v) is 15.3. The summed E-state index contributed by atoms with van der Waals surface area (Å²) in [6.45, 7) is 3.78. The second kappa shape index (κ2) is 8.65. The fourth-order valence-electron chi connectivity index (χ4n) is 3.53. The molecule has 0 radical (unpaired) electrons. The Kier molecular flexibility index (Phi) is 6.29. The number of aryl methyl sites for hydroxylation is 1. The molecule has 0 spiro atoms. The minimum absolute atomic E-state index is 0.753. The molecule has 1 aliphatic heterocycles. The SMILES string of the molecule is Brc1ccc(C2CCN(CCCCc3ccccc3)CC2)cc1. The quantitative estimate of drug-likeness (QED) is 0.592. The number of halogens is 1. The third-order valence-electron chi connectivity index (χ3n) is 4.96. The molecule has 3 rings (SSSR count). The van der Waals surface area contributed by atoms with Gasteiger partial charge in [-0.1, -0.05) is 58.4 Å². The summed E-state index contributed by atoms with van der Waals surface area (Å²) in [7, 11) is 0. The van der Waals surface area contributed by atoms with Crippen LogP contribution in [0.4, 0.5) is 0 Å². The lowest BCUT2D eigenvalue weighted by Crippen LogP contribution is -2.33. The molecular formula is C21H26BrN. The number of rotatable bonds is 6. The maximum atomic E-state index is 3.52. The Morgan fingerprint density at radius 1 is 0.870 bits per heavy atom. The minimum Gasteiger partial charge on any atom is -0.303 e. The van der Waals surface area contributed by atoms with E-state index in [9.17, 15) is 0 Å². The number of nitrogens with zero attached hydrogens (tertiary/aromatic N) is 1. The predicted octanol–water partition coefficient (Wildman–Crippen LogP) is 5.65. The Bertz CT molecular complexity index is 571. The molecule has 0 unspecified atom stereocenters. The molecule has 122 valence electrons. The van der Waals surface area contributed by atoms with Crippen molar-refractivity contribution in [3.63, 3.8) is 0 Å². The van der Waals surface area contributed by atoms with Crippen molar-refractivity contribution in [3.8, 4) is 0 Å². The van der Waals surface area contributed by atoms with Crippen LogP contribution in [0.5, 0.6) is 0 Å². The normalized spacial score (nSPS) is 16.6.